The van der Waals surface area contributed by atoms with Crippen LogP contribution in [0.15, 0.2) is 22.7 Å². The Balaban J connectivity index is 0.00000200. The summed E-state index contributed by atoms with van der Waals surface area (Å²) in [7, 11) is 1.60. The van der Waals surface area contributed by atoms with Gasteiger partial charge in [-0.1, -0.05) is 6.42 Å². The van der Waals surface area contributed by atoms with E-state index in [2.05, 4.69) is 21.2 Å². The monoisotopic (exact) mass is 362 g/mol. The summed E-state index contributed by atoms with van der Waals surface area (Å²) in [4.78, 5) is 12.0. The highest BCUT2D eigenvalue weighted by molar-refractivity contribution is 9.10. The molecular weight excluding hydrogens is 344 g/mol. The molecule has 0 heterocycles. The standard InChI is InChI=1S/C14H19BrN2O2.ClH/c1-19-13-8-10(5-6-11(13)15)17-14(18)7-9-3-2-4-12(9)16;/h5-6,8-9,12H,2-4,7,16H2,1H3,(H,17,18);1H/t9-,12+;/m0./s1. The highest BCUT2D eigenvalue weighted by Crippen LogP contribution is 2.29. The third-order valence-electron chi connectivity index (χ3n) is 3.60. The van der Waals surface area contributed by atoms with Gasteiger partial charge in [0.15, 0.2) is 0 Å². The lowest BCUT2D eigenvalue weighted by Crippen LogP contribution is -2.28. The van der Waals surface area contributed by atoms with Crippen LogP contribution >= 0.6 is 28.3 Å². The third-order valence-corrected chi connectivity index (χ3v) is 4.26. The molecule has 0 aromatic heterocycles. The summed E-state index contributed by atoms with van der Waals surface area (Å²) in [5.41, 5.74) is 6.73. The Morgan fingerprint density at radius 2 is 2.25 bits per heavy atom. The van der Waals surface area contributed by atoms with E-state index in [0.717, 1.165) is 29.4 Å². The lowest BCUT2D eigenvalue weighted by molar-refractivity contribution is -0.117. The summed E-state index contributed by atoms with van der Waals surface area (Å²) < 4.78 is 6.07. The molecule has 0 radical (unpaired) electrons. The lowest BCUT2D eigenvalue weighted by atomic mass is 10.00. The number of nitrogens with two attached hydrogens (primary N) is 1. The molecule has 0 saturated heterocycles. The summed E-state index contributed by atoms with van der Waals surface area (Å²) >= 11 is 3.38. The van der Waals surface area contributed by atoms with E-state index in [1.165, 1.54) is 0 Å². The summed E-state index contributed by atoms with van der Waals surface area (Å²) in [6.45, 7) is 0. The van der Waals surface area contributed by atoms with Gasteiger partial charge in [0, 0.05) is 24.2 Å². The number of carbonyl (C=O) groups excluding carboxylic acids is 1. The van der Waals surface area contributed by atoms with Crippen LogP contribution in [0.25, 0.3) is 0 Å². The number of hydrogen-bond acceptors (Lipinski definition) is 3. The number of nitrogens with one attached hydrogen (secondary N) is 1. The number of amides is 1. The second-order valence-electron chi connectivity index (χ2n) is 4.96. The van der Waals surface area contributed by atoms with Crippen molar-refractivity contribution in [2.24, 2.45) is 11.7 Å². The maximum atomic E-state index is 12.0. The molecule has 0 bridgehead atoms. The normalized spacial score (nSPS) is 21.1. The number of rotatable bonds is 4. The van der Waals surface area contributed by atoms with E-state index in [1.54, 1.807) is 13.2 Å². The minimum Gasteiger partial charge on any atom is -0.495 e. The zero-order valence-corrected chi connectivity index (χ0v) is 13.8. The zero-order valence-electron chi connectivity index (χ0n) is 11.4. The molecule has 0 spiro atoms. The summed E-state index contributed by atoms with van der Waals surface area (Å²) in [6.07, 6.45) is 3.72. The molecule has 1 amide bonds. The van der Waals surface area contributed by atoms with Gasteiger partial charge in [-0.25, -0.2) is 0 Å². The lowest BCUT2D eigenvalue weighted by Gasteiger charge is -2.15. The van der Waals surface area contributed by atoms with Crippen molar-refractivity contribution in [3.05, 3.63) is 22.7 Å². The first-order chi connectivity index (χ1) is 9.10. The fraction of sp³-hybridized carbons (Fsp3) is 0.500. The molecule has 0 aliphatic heterocycles. The minimum absolute atomic E-state index is 0. The number of methoxy groups -OCH3 is 1. The molecule has 2 rings (SSSR count). The molecule has 1 aliphatic rings. The minimum atomic E-state index is 0. The molecule has 0 unspecified atom stereocenters. The van der Waals surface area contributed by atoms with Crippen LogP contribution in [0.4, 0.5) is 5.69 Å². The fourth-order valence-corrected chi connectivity index (χ4v) is 2.92. The summed E-state index contributed by atoms with van der Waals surface area (Å²) in [5, 5.41) is 2.90. The van der Waals surface area contributed by atoms with Crippen LogP contribution in [0.2, 0.25) is 0 Å². The number of carbonyl (C=O) groups is 1. The summed E-state index contributed by atoms with van der Waals surface area (Å²) in [6, 6.07) is 5.68. The molecule has 112 valence electrons. The number of benzene rings is 1. The highest BCUT2D eigenvalue weighted by Gasteiger charge is 2.26. The van der Waals surface area contributed by atoms with Gasteiger partial charge in [-0.2, -0.15) is 0 Å². The van der Waals surface area contributed by atoms with Crippen molar-refractivity contribution < 1.29 is 9.53 Å². The van der Waals surface area contributed by atoms with Crippen LogP contribution in [0.1, 0.15) is 25.7 Å². The average molecular weight is 364 g/mol. The quantitative estimate of drug-likeness (QED) is 0.862. The Labute approximate surface area is 134 Å². The van der Waals surface area contributed by atoms with Gasteiger partial charge in [-0.15, -0.1) is 12.4 Å². The van der Waals surface area contributed by atoms with Gasteiger partial charge in [0.05, 0.1) is 11.6 Å². The van der Waals surface area contributed by atoms with Crippen molar-refractivity contribution in [2.75, 3.05) is 12.4 Å². The SMILES string of the molecule is COc1cc(NC(=O)C[C@@H]2CCC[C@H]2N)ccc1Br.Cl. The average Bonchev–Trinajstić information content (AvgIpc) is 2.77. The Bertz CT molecular complexity index is 470. The van der Waals surface area contributed by atoms with E-state index < -0.39 is 0 Å². The van der Waals surface area contributed by atoms with Gasteiger partial charge < -0.3 is 15.8 Å². The Morgan fingerprint density at radius 1 is 1.50 bits per heavy atom. The van der Waals surface area contributed by atoms with E-state index in [0.29, 0.717) is 18.1 Å². The van der Waals surface area contributed by atoms with Crippen LogP contribution in [0.3, 0.4) is 0 Å². The van der Waals surface area contributed by atoms with Gasteiger partial charge in [0.25, 0.3) is 0 Å². The maximum absolute atomic E-state index is 12.0. The van der Waals surface area contributed by atoms with Gasteiger partial charge in [-0.05, 0) is 46.8 Å². The maximum Gasteiger partial charge on any atom is 0.224 e. The zero-order chi connectivity index (χ0) is 13.8. The van der Waals surface area contributed by atoms with Crippen molar-refractivity contribution in [3.63, 3.8) is 0 Å². The Kier molecular flexibility index (Phi) is 6.79. The van der Waals surface area contributed by atoms with Crippen LogP contribution in [0, 0.1) is 5.92 Å². The molecule has 1 aromatic rings. The van der Waals surface area contributed by atoms with Crippen LogP contribution in [-0.2, 0) is 4.79 Å². The van der Waals surface area contributed by atoms with Gasteiger partial charge >= 0.3 is 0 Å². The van der Waals surface area contributed by atoms with Crippen molar-refractivity contribution in [1.82, 2.24) is 0 Å². The molecule has 1 aromatic carbocycles. The van der Waals surface area contributed by atoms with Crippen molar-refractivity contribution in [3.8, 4) is 5.75 Å². The van der Waals surface area contributed by atoms with E-state index >= 15 is 0 Å². The first kappa shape index (κ1) is 17.3. The van der Waals surface area contributed by atoms with Gasteiger partial charge in [0.1, 0.15) is 5.75 Å². The van der Waals surface area contributed by atoms with E-state index in [4.69, 9.17) is 10.5 Å². The van der Waals surface area contributed by atoms with Crippen LogP contribution in [0.5, 0.6) is 5.75 Å². The van der Waals surface area contributed by atoms with E-state index in [1.807, 2.05) is 12.1 Å². The molecule has 3 N–H and O–H groups in total. The molecule has 1 fully saturated rings. The van der Waals surface area contributed by atoms with E-state index in [9.17, 15) is 4.79 Å². The number of ether oxygens (including phenoxy) is 1. The van der Waals surface area contributed by atoms with Crippen molar-refractivity contribution >= 4 is 39.9 Å². The Hall–Kier alpha value is -0.780. The van der Waals surface area contributed by atoms with Crippen molar-refractivity contribution in [1.29, 1.82) is 0 Å². The smallest absolute Gasteiger partial charge is 0.224 e. The molecular formula is C14H20BrClN2O2. The Morgan fingerprint density at radius 3 is 2.85 bits per heavy atom. The second kappa shape index (κ2) is 7.86. The van der Waals surface area contributed by atoms with Gasteiger partial charge in [-0.3, -0.25) is 4.79 Å². The van der Waals surface area contributed by atoms with E-state index in [-0.39, 0.29) is 24.4 Å². The number of anilines is 1. The molecule has 2 atom stereocenters. The molecule has 1 saturated carbocycles. The molecule has 20 heavy (non-hydrogen) atoms. The molecule has 6 heteroatoms. The van der Waals surface area contributed by atoms with Crippen molar-refractivity contribution in [2.45, 2.75) is 31.7 Å². The third kappa shape index (κ3) is 4.36. The number of hydrogen-bond donors (Lipinski definition) is 2. The predicted molar refractivity (Wildman–Crippen MR) is 86.5 cm³/mol. The number of halogens is 2. The first-order valence-electron chi connectivity index (χ1n) is 6.49. The highest BCUT2D eigenvalue weighted by atomic mass is 79.9. The molecule has 1 aliphatic carbocycles. The van der Waals surface area contributed by atoms with Crippen LogP contribution in [-0.4, -0.2) is 19.1 Å². The topological polar surface area (TPSA) is 64.3 Å². The summed E-state index contributed by atoms with van der Waals surface area (Å²) in [5.74, 6) is 1.04. The van der Waals surface area contributed by atoms with Gasteiger partial charge in [0.2, 0.25) is 5.91 Å². The van der Waals surface area contributed by atoms with Crippen LogP contribution < -0.4 is 15.8 Å². The predicted octanol–water partition coefficient (Wildman–Crippen LogP) is 3.34. The fourth-order valence-electron chi connectivity index (χ4n) is 2.51. The first-order valence-corrected chi connectivity index (χ1v) is 7.28. The molecule has 4 nitrogen and oxygen atoms in total. The second-order valence-corrected chi connectivity index (χ2v) is 5.81. The largest absolute Gasteiger partial charge is 0.495 e.